The molecule has 9 heteroatoms. The van der Waals surface area contributed by atoms with Crippen LogP contribution in [-0.2, 0) is 14.3 Å². The Morgan fingerprint density at radius 1 is 1.14 bits per heavy atom. The fourth-order valence-electron chi connectivity index (χ4n) is 3.88. The van der Waals surface area contributed by atoms with Gasteiger partial charge >= 0.3 is 11.9 Å². The van der Waals surface area contributed by atoms with Crippen molar-refractivity contribution in [3.8, 4) is 11.5 Å². The zero-order chi connectivity index (χ0) is 25.1. The molecule has 0 aliphatic carbocycles. The smallest absolute Gasteiger partial charge is 0.338 e. The van der Waals surface area contributed by atoms with Gasteiger partial charge < -0.3 is 14.2 Å². The van der Waals surface area contributed by atoms with Gasteiger partial charge in [0.25, 0.3) is 5.56 Å². The molecule has 1 aliphatic rings. The quantitative estimate of drug-likeness (QED) is 0.388. The van der Waals surface area contributed by atoms with Crippen LogP contribution >= 0.6 is 11.3 Å². The van der Waals surface area contributed by atoms with Crippen LogP contribution in [0.15, 0.2) is 69.6 Å². The van der Waals surface area contributed by atoms with Gasteiger partial charge in [0.05, 0.1) is 35.6 Å². The molecule has 2 heterocycles. The highest BCUT2D eigenvalue weighted by molar-refractivity contribution is 7.07. The molecule has 0 radical (unpaired) electrons. The Hall–Kier alpha value is -3.98. The Kier molecular flexibility index (Phi) is 6.97. The van der Waals surface area contributed by atoms with Gasteiger partial charge in [-0.3, -0.25) is 14.2 Å². The van der Waals surface area contributed by atoms with Crippen LogP contribution < -0.4 is 24.4 Å². The summed E-state index contributed by atoms with van der Waals surface area (Å²) in [5.41, 5.74) is 1.77. The maximum absolute atomic E-state index is 13.7. The zero-order valence-electron chi connectivity index (χ0n) is 19.7. The van der Waals surface area contributed by atoms with Gasteiger partial charge in [0, 0.05) is 12.5 Å². The first-order valence-electron chi connectivity index (χ1n) is 10.9. The minimum Gasteiger partial charge on any atom is -0.497 e. The maximum Gasteiger partial charge on any atom is 0.338 e. The number of carbonyl (C=O) groups excluding carboxylic acids is 2. The highest BCUT2D eigenvalue weighted by atomic mass is 32.1. The molecular weight excluding hydrogens is 468 g/mol. The topological polar surface area (TPSA) is 96.2 Å². The predicted octanol–water partition coefficient (Wildman–Crippen LogP) is 2.73. The first kappa shape index (κ1) is 24.2. The number of aromatic nitrogens is 1. The van der Waals surface area contributed by atoms with E-state index in [9.17, 15) is 14.4 Å². The Morgan fingerprint density at radius 3 is 2.51 bits per heavy atom. The van der Waals surface area contributed by atoms with Crippen molar-refractivity contribution in [1.82, 2.24) is 4.57 Å². The van der Waals surface area contributed by atoms with Gasteiger partial charge in [-0.2, -0.15) is 0 Å². The molecule has 0 amide bonds. The molecule has 0 N–H and O–H groups in total. The van der Waals surface area contributed by atoms with E-state index in [2.05, 4.69) is 4.99 Å². The van der Waals surface area contributed by atoms with Crippen LogP contribution in [0.4, 0.5) is 0 Å². The van der Waals surface area contributed by atoms with E-state index in [1.165, 1.54) is 22.8 Å². The SMILES string of the molecule is CCOC(=O)C1=C(C)N=c2s/c(=C\c3ccccc3OC(C)=O)c(=O)n2C1c1ccc(OC)cc1. The van der Waals surface area contributed by atoms with Gasteiger partial charge in [-0.15, -0.1) is 0 Å². The number of esters is 2. The number of rotatable bonds is 6. The number of carbonyl (C=O) groups is 2. The Labute approximate surface area is 205 Å². The average Bonchev–Trinajstić information content (AvgIpc) is 3.13. The fourth-order valence-corrected chi connectivity index (χ4v) is 4.92. The summed E-state index contributed by atoms with van der Waals surface area (Å²) in [6.45, 7) is 4.98. The van der Waals surface area contributed by atoms with Crippen LogP contribution in [0.25, 0.3) is 6.08 Å². The molecule has 0 saturated carbocycles. The minimum atomic E-state index is -0.720. The normalized spacial score (nSPS) is 15.3. The van der Waals surface area contributed by atoms with Crippen LogP contribution in [0.1, 0.15) is 37.9 Å². The molecule has 1 unspecified atom stereocenters. The molecule has 3 aromatic rings. The summed E-state index contributed by atoms with van der Waals surface area (Å²) in [5, 5.41) is 0. The number of methoxy groups -OCH3 is 1. The van der Waals surface area contributed by atoms with E-state index in [1.54, 1.807) is 63.4 Å². The highest BCUT2D eigenvalue weighted by Crippen LogP contribution is 2.31. The van der Waals surface area contributed by atoms with Crippen molar-refractivity contribution in [2.24, 2.45) is 4.99 Å². The zero-order valence-corrected chi connectivity index (χ0v) is 20.5. The summed E-state index contributed by atoms with van der Waals surface area (Å²) in [6, 6.07) is 13.4. The van der Waals surface area contributed by atoms with Crippen LogP contribution in [0.5, 0.6) is 11.5 Å². The van der Waals surface area contributed by atoms with E-state index in [0.717, 1.165) is 5.56 Å². The van der Waals surface area contributed by atoms with E-state index >= 15 is 0 Å². The largest absolute Gasteiger partial charge is 0.497 e. The van der Waals surface area contributed by atoms with Gasteiger partial charge in [-0.25, -0.2) is 9.79 Å². The summed E-state index contributed by atoms with van der Waals surface area (Å²) in [4.78, 5) is 43.1. The van der Waals surface area contributed by atoms with Gasteiger partial charge in [0.2, 0.25) is 0 Å². The molecule has 1 aromatic heterocycles. The number of hydrogen-bond acceptors (Lipinski definition) is 8. The van der Waals surface area contributed by atoms with Crippen LogP contribution in [0, 0.1) is 0 Å². The highest BCUT2D eigenvalue weighted by Gasteiger charge is 2.33. The second-order valence-electron chi connectivity index (χ2n) is 7.71. The molecule has 2 aromatic carbocycles. The predicted molar refractivity (Wildman–Crippen MR) is 131 cm³/mol. The molecule has 0 fully saturated rings. The van der Waals surface area contributed by atoms with Gasteiger partial charge in [-0.05, 0) is 43.7 Å². The van der Waals surface area contributed by atoms with Gasteiger partial charge in [0.15, 0.2) is 4.80 Å². The monoisotopic (exact) mass is 492 g/mol. The Morgan fingerprint density at radius 2 is 1.86 bits per heavy atom. The van der Waals surface area contributed by atoms with E-state index in [1.807, 2.05) is 12.1 Å². The minimum absolute atomic E-state index is 0.197. The molecule has 0 bridgehead atoms. The summed E-state index contributed by atoms with van der Waals surface area (Å²) in [7, 11) is 1.57. The lowest BCUT2D eigenvalue weighted by Gasteiger charge is -2.24. The Bertz CT molecular complexity index is 1500. The van der Waals surface area contributed by atoms with Gasteiger partial charge in [0.1, 0.15) is 11.5 Å². The lowest BCUT2D eigenvalue weighted by Crippen LogP contribution is -2.39. The number of allylic oxidation sites excluding steroid dienone is 1. The molecule has 8 nitrogen and oxygen atoms in total. The molecular formula is C26H24N2O6S. The number of nitrogens with zero attached hydrogens (tertiary/aromatic N) is 2. The molecule has 180 valence electrons. The van der Waals surface area contributed by atoms with E-state index in [0.29, 0.717) is 37.7 Å². The molecule has 0 spiro atoms. The number of para-hydroxylation sites is 1. The number of thiazole rings is 1. The first-order chi connectivity index (χ1) is 16.8. The molecule has 0 saturated heterocycles. The van der Waals surface area contributed by atoms with Crippen molar-refractivity contribution in [3.05, 3.63) is 90.6 Å². The van der Waals surface area contributed by atoms with Crippen LogP contribution in [0.2, 0.25) is 0 Å². The van der Waals surface area contributed by atoms with Crippen molar-refractivity contribution in [2.45, 2.75) is 26.8 Å². The number of ether oxygens (including phenoxy) is 3. The molecule has 1 atom stereocenters. The second kappa shape index (κ2) is 10.1. The summed E-state index contributed by atoms with van der Waals surface area (Å²) in [5.74, 6) is 0.0214. The van der Waals surface area contributed by atoms with Crippen molar-refractivity contribution < 1.29 is 23.8 Å². The third-order valence-electron chi connectivity index (χ3n) is 5.41. The standard InChI is InChI=1S/C26H24N2O6S/c1-5-33-25(31)22-15(2)27-26-28(23(22)17-10-12-19(32-4)13-11-17)24(30)21(35-26)14-18-8-6-7-9-20(18)34-16(3)29/h6-14,23H,5H2,1-4H3/b21-14-. The van der Waals surface area contributed by atoms with Crippen LogP contribution in [-0.4, -0.2) is 30.2 Å². The van der Waals surface area contributed by atoms with Crippen molar-refractivity contribution in [1.29, 1.82) is 0 Å². The number of benzene rings is 2. The van der Waals surface area contributed by atoms with Crippen molar-refractivity contribution in [3.63, 3.8) is 0 Å². The Balaban J connectivity index is 1.93. The third-order valence-corrected chi connectivity index (χ3v) is 6.39. The lowest BCUT2D eigenvalue weighted by atomic mass is 9.96. The number of hydrogen-bond donors (Lipinski definition) is 0. The second-order valence-corrected chi connectivity index (χ2v) is 8.72. The fraction of sp³-hybridized carbons (Fsp3) is 0.231. The third kappa shape index (κ3) is 4.81. The molecule has 35 heavy (non-hydrogen) atoms. The first-order valence-corrected chi connectivity index (χ1v) is 11.8. The van der Waals surface area contributed by atoms with E-state index < -0.39 is 18.0 Å². The summed E-state index contributed by atoms with van der Waals surface area (Å²) < 4.78 is 17.8. The molecule has 1 aliphatic heterocycles. The average molecular weight is 493 g/mol. The van der Waals surface area contributed by atoms with Crippen molar-refractivity contribution >= 4 is 29.4 Å². The number of fused-ring (bicyclic) bond motifs is 1. The molecule has 4 rings (SSSR count). The summed E-state index contributed by atoms with van der Waals surface area (Å²) in [6.07, 6.45) is 1.66. The van der Waals surface area contributed by atoms with Gasteiger partial charge in [-0.1, -0.05) is 41.7 Å². The maximum atomic E-state index is 13.7. The van der Waals surface area contributed by atoms with Crippen LogP contribution in [0.3, 0.4) is 0 Å². The van der Waals surface area contributed by atoms with E-state index in [-0.39, 0.29) is 12.2 Å². The summed E-state index contributed by atoms with van der Waals surface area (Å²) >= 11 is 1.20. The van der Waals surface area contributed by atoms with Crippen molar-refractivity contribution in [2.75, 3.05) is 13.7 Å². The van der Waals surface area contributed by atoms with E-state index in [4.69, 9.17) is 14.2 Å². The lowest BCUT2D eigenvalue weighted by molar-refractivity contribution is -0.139.